The predicted octanol–water partition coefficient (Wildman–Crippen LogP) is 3.14. The predicted molar refractivity (Wildman–Crippen MR) is 48.0 cm³/mol. The molecule has 0 amide bonds. The van der Waals surface area contributed by atoms with E-state index in [0.717, 1.165) is 12.8 Å². The van der Waals surface area contributed by atoms with Crippen molar-refractivity contribution >= 4 is 0 Å². The van der Waals surface area contributed by atoms with E-state index in [1.807, 2.05) is 6.92 Å². The summed E-state index contributed by atoms with van der Waals surface area (Å²) in [6.07, 6.45) is 3.98. The number of rotatable bonds is 4. The molecule has 0 aliphatic heterocycles. The fourth-order valence-electron chi connectivity index (χ4n) is 1.09. The van der Waals surface area contributed by atoms with Crippen molar-refractivity contribution < 1.29 is 0 Å². The van der Waals surface area contributed by atoms with Gasteiger partial charge in [-0.1, -0.05) is 26.3 Å². The van der Waals surface area contributed by atoms with Crippen LogP contribution in [0.1, 0.15) is 33.6 Å². The summed E-state index contributed by atoms with van der Waals surface area (Å²) in [5, 5.41) is 8.86. The zero-order chi connectivity index (χ0) is 8.91. The van der Waals surface area contributed by atoms with Crippen LogP contribution in [0.15, 0.2) is 12.7 Å². The maximum Gasteiger partial charge on any atom is 0.0748 e. The largest absolute Gasteiger partial charge is 0.197 e. The molecule has 0 bridgehead atoms. The van der Waals surface area contributed by atoms with Gasteiger partial charge in [0.15, 0.2) is 0 Å². The van der Waals surface area contributed by atoms with Crippen molar-refractivity contribution in [2.24, 2.45) is 11.3 Å². The van der Waals surface area contributed by atoms with Gasteiger partial charge in [0.05, 0.1) is 11.5 Å². The first-order valence-corrected chi connectivity index (χ1v) is 4.15. The minimum Gasteiger partial charge on any atom is -0.197 e. The molecule has 0 spiro atoms. The summed E-state index contributed by atoms with van der Waals surface area (Å²) in [5.41, 5.74) is -0.337. The van der Waals surface area contributed by atoms with Crippen LogP contribution in [0, 0.1) is 22.7 Å². The molecule has 0 saturated heterocycles. The van der Waals surface area contributed by atoms with Crippen LogP contribution < -0.4 is 0 Å². The molecular formula is C10H17N. The monoisotopic (exact) mass is 151 g/mol. The lowest BCUT2D eigenvalue weighted by atomic mass is 9.77. The van der Waals surface area contributed by atoms with E-state index in [9.17, 15) is 0 Å². The zero-order valence-electron chi connectivity index (χ0n) is 7.72. The fourth-order valence-corrected chi connectivity index (χ4v) is 1.09. The molecule has 62 valence electrons. The van der Waals surface area contributed by atoms with Crippen LogP contribution in [0.3, 0.4) is 0 Å². The van der Waals surface area contributed by atoms with E-state index in [4.69, 9.17) is 5.26 Å². The van der Waals surface area contributed by atoms with Gasteiger partial charge in [0.2, 0.25) is 0 Å². The third-order valence-electron chi connectivity index (χ3n) is 2.41. The van der Waals surface area contributed by atoms with Crippen molar-refractivity contribution in [1.82, 2.24) is 0 Å². The van der Waals surface area contributed by atoms with E-state index in [0.29, 0.717) is 5.92 Å². The summed E-state index contributed by atoms with van der Waals surface area (Å²) in [6, 6.07) is 2.29. The van der Waals surface area contributed by atoms with Gasteiger partial charge in [-0.05, 0) is 19.3 Å². The van der Waals surface area contributed by atoms with E-state index in [2.05, 4.69) is 26.5 Å². The van der Waals surface area contributed by atoms with Crippen molar-refractivity contribution in [3.63, 3.8) is 0 Å². The smallest absolute Gasteiger partial charge is 0.0748 e. The third kappa shape index (κ3) is 2.38. The van der Waals surface area contributed by atoms with Crippen molar-refractivity contribution in [3.05, 3.63) is 12.7 Å². The highest BCUT2D eigenvalue weighted by Crippen LogP contribution is 2.30. The molecule has 1 nitrogen and oxygen atoms in total. The molecule has 0 radical (unpaired) electrons. The normalized spacial score (nSPS) is 18.0. The van der Waals surface area contributed by atoms with Crippen molar-refractivity contribution in [2.45, 2.75) is 33.6 Å². The van der Waals surface area contributed by atoms with Gasteiger partial charge in [0, 0.05) is 0 Å². The minimum absolute atomic E-state index is 0.337. The average Bonchev–Trinajstić information content (AvgIpc) is 2.03. The Bertz CT molecular complexity index is 166. The maximum absolute atomic E-state index is 8.86. The van der Waals surface area contributed by atoms with Gasteiger partial charge in [-0.25, -0.2) is 0 Å². The zero-order valence-corrected chi connectivity index (χ0v) is 7.72. The van der Waals surface area contributed by atoms with Gasteiger partial charge in [-0.2, -0.15) is 5.26 Å². The molecule has 0 rings (SSSR count). The Morgan fingerprint density at radius 3 is 2.55 bits per heavy atom. The molecular weight excluding hydrogens is 134 g/mol. The number of allylic oxidation sites excluding steroid dienone is 1. The van der Waals surface area contributed by atoms with Crippen LogP contribution in [-0.2, 0) is 0 Å². The van der Waals surface area contributed by atoms with Crippen LogP contribution in [-0.4, -0.2) is 0 Å². The van der Waals surface area contributed by atoms with Crippen LogP contribution >= 0.6 is 0 Å². The summed E-state index contributed by atoms with van der Waals surface area (Å²) >= 11 is 0. The number of nitriles is 1. The maximum atomic E-state index is 8.86. The fraction of sp³-hybridized carbons (Fsp3) is 0.700. The summed E-state index contributed by atoms with van der Waals surface area (Å²) in [4.78, 5) is 0. The van der Waals surface area contributed by atoms with Crippen LogP contribution in [0.4, 0.5) is 0 Å². The van der Waals surface area contributed by atoms with E-state index in [-0.39, 0.29) is 5.41 Å². The molecule has 2 atom stereocenters. The Morgan fingerprint density at radius 2 is 2.27 bits per heavy atom. The first-order chi connectivity index (χ1) is 5.10. The first-order valence-electron chi connectivity index (χ1n) is 4.15. The van der Waals surface area contributed by atoms with E-state index >= 15 is 0 Å². The quantitative estimate of drug-likeness (QED) is 0.566. The summed E-state index contributed by atoms with van der Waals surface area (Å²) in [6.45, 7) is 9.87. The molecule has 1 heteroatoms. The second-order valence-electron chi connectivity index (χ2n) is 3.29. The van der Waals surface area contributed by atoms with Gasteiger partial charge >= 0.3 is 0 Å². The second kappa shape index (κ2) is 4.18. The van der Waals surface area contributed by atoms with Gasteiger partial charge in [-0.15, -0.1) is 6.58 Å². The van der Waals surface area contributed by atoms with Crippen molar-refractivity contribution in [2.75, 3.05) is 0 Å². The highest BCUT2D eigenvalue weighted by molar-refractivity contribution is 5.09. The lowest BCUT2D eigenvalue weighted by Crippen LogP contribution is -2.20. The van der Waals surface area contributed by atoms with Gasteiger partial charge in [-0.3, -0.25) is 0 Å². The number of hydrogen-bond donors (Lipinski definition) is 0. The SMILES string of the molecule is C=CC(C)(C#N)C(C)CCC. The molecule has 0 aromatic heterocycles. The summed E-state index contributed by atoms with van der Waals surface area (Å²) in [5.74, 6) is 0.412. The molecule has 0 aliphatic rings. The molecule has 11 heavy (non-hydrogen) atoms. The molecule has 0 N–H and O–H groups in total. The Labute approximate surface area is 69.7 Å². The Morgan fingerprint density at radius 1 is 1.73 bits per heavy atom. The second-order valence-corrected chi connectivity index (χ2v) is 3.29. The van der Waals surface area contributed by atoms with Crippen LogP contribution in [0.2, 0.25) is 0 Å². The minimum atomic E-state index is -0.337. The Kier molecular flexibility index (Phi) is 3.89. The molecule has 0 aromatic carbocycles. The molecule has 0 fully saturated rings. The van der Waals surface area contributed by atoms with E-state index in [1.54, 1.807) is 6.08 Å². The Hall–Kier alpha value is -0.770. The number of hydrogen-bond acceptors (Lipinski definition) is 1. The van der Waals surface area contributed by atoms with Crippen LogP contribution in [0.5, 0.6) is 0 Å². The van der Waals surface area contributed by atoms with Crippen molar-refractivity contribution in [1.29, 1.82) is 5.26 Å². The third-order valence-corrected chi connectivity index (χ3v) is 2.41. The average molecular weight is 151 g/mol. The van der Waals surface area contributed by atoms with Gasteiger partial charge in [0.25, 0.3) is 0 Å². The molecule has 0 heterocycles. The Balaban J connectivity index is 4.27. The molecule has 0 saturated carbocycles. The highest BCUT2D eigenvalue weighted by Gasteiger charge is 2.26. The topological polar surface area (TPSA) is 23.8 Å². The van der Waals surface area contributed by atoms with E-state index in [1.165, 1.54) is 0 Å². The lowest BCUT2D eigenvalue weighted by Gasteiger charge is -2.24. The highest BCUT2D eigenvalue weighted by atomic mass is 14.4. The lowest BCUT2D eigenvalue weighted by molar-refractivity contribution is 0.339. The van der Waals surface area contributed by atoms with Gasteiger partial charge in [0.1, 0.15) is 0 Å². The summed E-state index contributed by atoms with van der Waals surface area (Å²) in [7, 11) is 0. The molecule has 0 aliphatic carbocycles. The van der Waals surface area contributed by atoms with Gasteiger partial charge < -0.3 is 0 Å². The molecule has 0 aromatic rings. The number of nitrogens with zero attached hydrogens (tertiary/aromatic N) is 1. The van der Waals surface area contributed by atoms with E-state index < -0.39 is 0 Å². The molecule has 2 unspecified atom stereocenters. The van der Waals surface area contributed by atoms with Crippen LogP contribution in [0.25, 0.3) is 0 Å². The summed E-state index contributed by atoms with van der Waals surface area (Å²) < 4.78 is 0. The standard InChI is InChI=1S/C10H17N/c1-5-7-9(3)10(4,6-2)8-11/h6,9H,2,5,7H2,1,3-4H3. The first kappa shape index (κ1) is 10.2. The van der Waals surface area contributed by atoms with Crippen molar-refractivity contribution in [3.8, 4) is 6.07 Å².